The number of aromatic nitrogens is 4. The van der Waals surface area contributed by atoms with E-state index in [0.717, 1.165) is 31.9 Å². The second kappa shape index (κ2) is 7.07. The molecular formula is C17H26N8. The lowest BCUT2D eigenvalue weighted by Crippen LogP contribution is -2.41. The van der Waals surface area contributed by atoms with Gasteiger partial charge in [-0.1, -0.05) is 0 Å². The Kier molecular flexibility index (Phi) is 4.65. The minimum absolute atomic E-state index is 0.507. The third-order valence-electron chi connectivity index (χ3n) is 5.21. The molecular weight excluding hydrogens is 316 g/mol. The lowest BCUT2D eigenvalue weighted by molar-refractivity contribution is 0.172. The number of fused-ring (bicyclic) bond motifs is 1. The maximum atomic E-state index is 4.71. The Bertz CT molecular complexity index is 690. The van der Waals surface area contributed by atoms with Crippen LogP contribution in [0.2, 0.25) is 0 Å². The van der Waals surface area contributed by atoms with Crippen molar-refractivity contribution in [3.63, 3.8) is 0 Å². The van der Waals surface area contributed by atoms with Crippen molar-refractivity contribution in [2.24, 2.45) is 5.92 Å². The van der Waals surface area contributed by atoms with Crippen molar-refractivity contribution < 1.29 is 0 Å². The Hall–Kier alpha value is -2.03. The van der Waals surface area contributed by atoms with Gasteiger partial charge in [0.25, 0.3) is 0 Å². The van der Waals surface area contributed by atoms with E-state index in [1.807, 2.05) is 6.07 Å². The van der Waals surface area contributed by atoms with Crippen molar-refractivity contribution in [1.82, 2.24) is 35.5 Å². The first-order chi connectivity index (χ1) is 12.2. The van der Waals surface area contributed by atoms with Crippen LogP contribution in [0.15, 0.2) is 24.5 Å². The highest BCUT2D eigenvalue weighted by atomic mass is 15.4. The van der Waals surface area contributed by atoms with Gasteiger partial charge >= 0.3 is 0 Å². The molecule has 0 spiro atoms. The average molecular weight is 342 g/mol. The molecule has 0 aliphatic carbocycles. The van der Waals surface area contributed by atoms with Gasteiger partial charge in [-0.3, -0.25) is 20.4 Å². The zero-order chi connectivity index (χ0) is 17.2. The van der Waals surface area contributed by atoms with Gasteiger partial charge in [-0.25, -0.2) is 9.97 Å². The van der Waals surface area contributed by atoms with Gasteiger partial charge in [0, 0.05) is 50.0 Å². The lowest BCUT2D eigenvalue weighted by Gasteiger charge is -2.31. The van der Waals surface area contributed by atoms with Gasteiger partial charge < -0.3 is 5.32 Å². The first-order valence-electron chi connectivity index (χ1n) is 8.99. The van der Waals surface area contributed by atoms with E-state index in [-0.39, 0.29) is 0 Å². The molecule has 1 saturated heterocycles. The maximum absolute atomic E-state index is 4.71. The van der Waals surface area contributed by atoms with Gasteiger partial charge in [0.1, 0.15) is 0 Å². The fourth-order valence-electron chi connectivity index (χ4n) is 3.71. The van der Waals surface area contributed by atoms with E-state index in [4.69, 9.17) is 5.10 Å². The third-order valence-corrected chi connectivity index (χ3v) is 5.21. The molecule has 0 amide bonds. The van der Waals surface area contributed by atoms with Crippen LogP contribution < -0.4 is 16.2 Å². The van der Waals surface area contributed by atoms with Crippen LogP contribution in [0.5, 0.6) is 0 Å². The normalized spacial score (nSPS) is 26.6. The van der Waals surface area contributed by atoms with Crippen molar-refractivity contribution in [3.8, 4) is 0 Å². The van der Waals surface area contributed by atoms with Crippen LogP contribution in [0, 0.1) is 5.92 Å². The molecule has 0 bridgehead atoms. The minimum Gasteiger partial charge on any atom is -0.348 e. The second-order valence-corrected chi connectivity index (χ2v) is 7.04. The number of nitrogens with zero attached hydrogens (tertiary/aromatic N) is 5. The number of nitrogens with one attached hydrogen (secondary N) is 3. The first-order valence-corrected chi connectivity index (χ1v) is 8.99. The quantitative estimate of drug-likeness (QED) is 0.734. The monoisotopic (exact) mass is 342 g/mol. The molecule has 4 heterocycles. The van der Waals surface area contributed by atoms with Crippen LogP contribution in [0.25, 0.3) is 0 Å². The van der Waals surface area contributed by atoms with Gasteiger partial charge in [0.15, 0.2) is 0 Å². The number of hydrogen-bond donors (Lipinski definition) is 3. The van der Waals surface area contributed by atoms with Crippen LogP contribution in [0.1, 0.15) is 25.2 Å². The Balaban J connectivity index is 1.36. The van der Waals surface area contributed by atoms with Crippen LogP contribution >= 0.6 is 0 Å². The molecule has 3 N–H and O–H groups in total. The Morgan fingerprint density at radius 2 is 1.92 bits per heavy atom. The molecule has 0 aromatic carbocycles. The lowest BCUT2D eigenvalue weighted by atomic mass is 9.96. The third kappa shape index (κ3) is 3.65. The molecule has 8 nitrogen and oxygen atoms in total. The summed E-state index contributed by atoms with van der Waals surface area (Å²) in [6, 6.07) is 5.02. The molecule has 1 fully saturated rings. The molecule has 4 rings (SSSR count). The highest BCUT2D eigenvalue weighted by molar-refractivity contribution is 5.24. The molecule has 0 saturated carbocycles. The molecule has 134 valence electrons. The van der Waals surface area contributed by atoms with E-state index in [1.54, 1.807) is 12.4 Å². The molecule has 0 radical (unpaired) electrons. The van der Waals surface area contributed by atoms with Gasteiger partial charge in [0.2, 0.25) is 5.95 Å². The molecule has 2 aromatic rings. The maximum Gasteiger partial charge on any atom is 0.222 e. The summed E-state index contributed by atoms with van der Waals surface area (Å²) in [5.74, 6) is 1.27. The van der Waals surface area contributed by atoms with Crippen molar-refractivity contribution >= 4 is 5.95 Å². The average Bonchev–Trinajstić information content (AvgIpc) is 3.18. The van der Waals surface area contributed by atoms with Gasteiger partial charge in [-0.05, 0) is 26.0 Å². The summed E-state index contributed by atoms with van der Waals surface area (Å²) in [5, 5.41) is 7.93. The van der Waals surface area contributed by atoms with E-state index in [0.29, 0.717) is 30.5 Å². The summed E-state index contributed by atoms with van der Waals surface area (Å²) in [5.41, 5.74) is 9.03. The fourth-order valence-corrected chi connectivity index (χ4v) is 3.71. The highest BCUT2D eigenvalue weighted by Crippen LogP contribution is 2.20. The first kappa shape index (κ1) is 16.4. The van der Waals surface area contributed by atoms with E-state index >= 15 is 0 Å². The summed E-state index contributed by atoms with van der Waals surface area (Å²) < 4.78 is 2.14. The van der Waals surface area contributed by atoms with Crippen LogP contribution in [-0.2, 0) is 19.6 Å². The van der Waals surface area contributed by atoms with Crippen LogP contribution in [0.4, 0.5) is 5.95 Å². The van der Waals surface area contributed by atoms with E-state index in [2.05, 4.69) is 55.6 Å². The molecule has 2 aromatic heterocycles. The van der Waals surface area contributed by atoms with Gasteiger partial charge in [-0.15, -0.1) is 0 Å². The molecule has 2 aliphatic heterocycles. The van der Waals surface area contributed by atoms with Crippen molar-refractivity contribution in [1.29, 1.82) is 0 Å². The Morgan fingerprint density at radius 1 is 1.16 bits per heavy atom. The second-order valence-electron chi connectivity index (χ2n) is 7.04. The van der Waals surface area contributed by atoms with Crippen LogP contribution in [-0.4, -0.2) is 49.8 Å². The van der Waals surface area contributed by atoms with Crippen molar-refractivity contribution in [2.75, 3.05) is 18.4 Å². The number of rotatable bonds is 5. The van der Waals surface area contributed by atoms with E-state index in [9.17, 15) is 0 Å². The summed E-state index contributed by atoms with van der Waals surface area (Å²) in [7, 11) is 0. The summed E-state index contributed by atoms with van der Waals surface area (Å²) in [6.07, 6.45) is 3.47. The van der Waals surface area contributed by atoms with Gasteiger partial charge in [0.05, 0.1) is 24.5 Å². The fraction of sp³-hybridized carbons (Fsp3) is 0.588. The Labute approximate surface area is 148 Å². The topological polar surface area (TPSA) is 82.9 Å². The van der Waals surface area contributed by atoms with E-state index < -0.39 is 0 Å². The molecule has 2 aliphatic rings. The SMILES string of the molecule is CC1NNC(C)C1CN1CCn2nc(CNc3ncccn3)cc2C1. The zero-order valence-corrected chi connectivity index (χ0v) is 14.8. The zero-order valence-electron chi connectivity index (χ0n) is 14.8. The molecule has 2 unspecified atom stereocenters. The van der Waals surface area contributed by atoms with Gasteiger partial charge in [-0.2, -0.15) is 5.10 Å². The largest absolute Gasteiger partial charge is 0.348 e. The van der Waals surface area contributed by atoms with Crippen molar-refractivity contribution in [2.45, 2.75) is 45.6 Å². The Morgan fingerprint density at radius 3 is 2.68 bits per heavy atom. The predicted octanol–water partition coefficient (Wildman–Crippen LogP) is 0.602. The number of anilines is 1. The smallest absolute Gasteiger partial charge is 0.222 e. The standard InChI is InChI=1S/C17H26N8/c1-12-16(13(2)22-21-12)11-24-6-7-25-15(10-24)8-14(23-25)9-20-17-18-4-3-5-19-17/h3-5,8,12-13,16,21-22H,6-7,9-11H2,1-2H3,(H,18,19,20). The summed E-state index contributed by atoms with van der Waals surface area (Å²) in [4.78, 5) is 10.9. The highest BCUT2D eigenvalue weighted by Gasteiger charge is 2.32. The van der Waals surface area contributed by atoms with Crippen LogP contribution in [0.3, 0.4) is 0 Å². The summed E-state index contributed by atoms with van der Waals surface area (Å²) >= 11 is 0. The minimum atomic E-state index is 0.507. The number of hydrazine groups is 1. The molecule has 8 heteroatoms. The van der Waals surface area contributed by atoms with Crippen molar-refractivity contribution in [3.05, 3.63) is 35.9 Å². The molecule has 2 atom stereocenters. The predicted molar refractivity (Wildman–Crippen MR) is 95.5 cm³/mol. The van der Waals surface area contributed by atoms with E-state index in [1.165, 1.54) is 5.69 Å². The summed E-state index contributed by atoms with van der Waals surface area (Å²) in [6.45, 7) is 9.24. The number of hydrogen-bond acceptors (Lipinski definition) is 7. The molecule has 25 heavy (non-hydrogen) atoms.